The summed E-state index contributed by atoms with van der Waals surface area (Å²) in [6, 6.07) is 17.4. The standard InChI is InChI=1S/C23H25ClN4O/c1-27-11-13-28(14-12-27)23(29)22(15-17-5-3-2-4-6-17)26-20-9-10-25-21-16-18(24)7-8-19(20)21/h2-10,16,22H,11-15H2,1H3,(H,25,26)/t22-/m0/s1. The Morgan fingerprint density at radius 2 is 1.86 bits per heavy atom. The summed E-state index contributed by atoms with van der Waals surface area (Å²) in [6.45, 7) is 3.32. The van der Waals surface area contributed by atoms with E-state index in [4.69, 9.17) is 11.6 Å². The van der Waals surface area contributed by atoms with Gasteiger partial charge in [0.05, 0.1) is 5.52 Å². The molecular formula is C23H25ClN4O. The zero-order valence-electron chi connectivity index (χ0n) is 16.5. The molecule has 1 amide bonds. The maximum absolute atomic E-state index is 13.4. The minimum atomic E-state index is -0.345. The number of rotatable bonds is 5. The minimum Gasteiger partial charge on any atom is -0.373 e. The van der Waals surface area contributed by atoms with Crippen molar-refractivity contribution >= 4 is 34.1 Å². The molecule has 2 aromatic carbocycles. The molecule has 5 nitrogen and oxygen atoms in total. The normalized spacial score (nSPS) is 16.0. The average Bonchev–Trinajstić information content (AvgIpc) is 2.74. The highest BCUT2D eigenvalue weighted by molar-refractivity contribution is 6.31. The second kappa shape index (κ2) is 8.80. The van der Waals surface area contributed by atoms with E-state index in [1.807, 2.05) is 47.4 Å². The zero-order valence-corrected chi connectivity index (χ0v) is 17.3. The van der Waals surface area contributed by atoms with Gasteiger partial charge in [0.25, 0.3) is 0 Å². The summed E-state index contributed by atoms with van der Waals surface area (Å²) in [7, 11) is 2.09. The monoisotopic (exact) mass is 408 g/mol. The number of hydrogen-bond acceptors (Lipinski definition) is 4. The Morgan fingerprint density at radius 1 is 1.10 bits per heavy atom. The van der Waals surface area contributed by atoms with Gasteiger partial charge in [-0.2, -0.15) is 0 Å². The van der Waals surface area contributed by atoms with Crippen LogP contribution in [0.1, 0.15) is 5.56 Å². The molecule has 0 unspecified atom stereocenters. The van der Waals surface area contributed by atoms with Crippen LogP contribution in [0.5, 0.6) is 0 Å². The number of aromatic nitrogens is 1. The number of pyridine rings is 1. The number of likely N-dealkylation sites (N-methyl/N-ethyl adjacent to an activating group) is 1. The predicted molar refractivity (Wildman–Crippen MR) is 118 cm³/mol. The Bertz CT molecular complexity index is 987. The van der Waals surface area contributed by atoms with Crippen LogP contribution in [0.2, 0.25) is 5.02 Å². The summed E-state index contributed by atoms with van der Waals surface area (Å²) >= 11 is 6.12. The number of piperazine rings is 1. The van der Waals surface area contributed by atoms with Gasteiger partial charge < -0.3 is 15.1 Å². The molecule has 0 spiro atoms. The maximum Gasteiger partial charge on any atom is 0.245 e. The van der Waals surface area contributed by atoms with Crippen LogP contribution in [-0.4, -0.2) is 60.0 Å². The smallest absolute Gasteiger partial charge is 0.245 e. The lowest BCUT2D eigenvalue weighted by atomic mass is 10.0. The Labute approximate surface area is 176 Å². The van der Waals surface area contributed by atoms with E-state index in [9.17, 15) is 4.79 Å². The second-order valence-electron chi connectivity index (χ2n) is 7.54. The van der Waals surface area contributed by atoms with Crippen LogP contribution in [0.15, 0.2) is 60.8 Å². The van der Waals surface area contributed by atoms with Crippen LogP contribution in [0, 0.1) is 0 Å². The number of carbonyl (C=O) groups is 1. The van der Waals surface area contributed by atoms with Gasteiger partial charge in [-0.15, -0.1) is 0 Å². The van der Waals surface area contributed by atoms with Gasteiger partial charge in [0, 0.05) is 54.9 Å². The molecule has 4 rings (SSSR count). The fourth-order valence-corrected chi connectivity index (χ4v) is 3.90. The van der Waals surface area contributed by atoms with E-state index in [-0.39, 0.29) is 11.9 Å². The molecular weight excluding hydrogens is 384 g/mol. The first-order valence-corrected chi connectivity index (χ1v) is 10.3. The lowest BCUT2D eigenvalue weighted by molar-refractivity contribution is -0.133. The van der Waals surface area contributed by atoms with Crippen LogP contribution in [-0.2, 0) is 11.2 Å². The lowest BCUT2D eigenvalue weighted by Gasteiger charge is -2.35. The number of hydrogen-bond donors (Lipinski definition) is 1. The van der Waals surface area contributed by atoms with Gasteiger partial charge in [0.1, 0.15) is 6.04 Å². The van der Waals surface area contributed by atoms with Crippen LogP contribution in [0.25, 0.3) is 10.9 Å². The lowest BCUT2D eigenvalue weighted by Crippen LogP contribution is -2.52. The van der Waals surface area contributed by atoms with Gasteiger partial charge in [-0.25, -0.2) is 0 Å². The Hall–Kier alpha value is -2.63. The third kappa shape index (κ3) is 4.69. The van der Waals surface area contributed by atoms with Crippen molar-refractivity contribution in [2.45, 2.75) is 12.5 Å². The Morgan fingerprint density at radius 3 is 2.62 bits per heavy atom. The quantitative estimate of drug-likeness (QED) is 0.699. The summed E-state index contributed by atoms with van der Waals surface area (Å²) in [5.41, 5.74) is 2.84. The van der Waals surface area contributed by atoms with Crippen LogP contribution >= 0.6 is 11.6 Å². The van der Waals surface area contributed by atoms with Gasteiger partial charge in [-0.3, -0.25) is 9.78 Å². The maximum atomic E-state index is 13.4. The molecule has 1 N–H and O–H groups in total. The fraction of sp³-hybridized carbons (Fsp3) is 0.304. The molecule has 1 aliphatic rings. The summed E-state index contributed by atoms with van der Waals surface area (Å²) in [4.78, 5) is 22.1. The molecule has 1 aliphatic heterocycles. The van der Waals surface area contributed by atoms with E-state index in [1.165, 1.54) is 0 Å². The second-order valence-corrected chi connectivity index (χ2v) is 7.97. The number of nitrogens with one attached hydrogen (secondary N) is 1. The van der Waals surface area contributed by atoms with Crippen molar-refractivity contribution in [2.24, 2.45) is 0 Å². The van der Waals surface area contributed by atoms with Crippen molar-refractivity contribution in [3.8, 4) is 0 Å². The van der Waals surface area contributed by atoms with E-state index in [0.29, 0.717) is 11.4 Å². The van der Waals surface area contributed by atoms with E-state index in [0.717, 1.165) is 48.3 Å². The zero-order chi connectivity index (χ0) is 20.2. The van der Waals surface area contributed by atoms with E-state index < -0.39 is 0 Å². The molecule has 0 radical (unpaired) electrons. The Kier molecular flexibility index (Phi) is 5.97. The van der Waals surface area contributed by atoms with Crippen molar-refractivity contribution in [1.29, 1.82) is 0 Å². The summed E-state index contributed by atoms with van der Waals surface area (Å²) in [5, 5.41) is 5.12. The van der Waals surface area contributed by atoms with Gasteiger partial charge in [-0.05, 0) is 36.9 Å². The van der Waals surface area contributed by atoms with Crippen LogP contribution in [0.3, 0.4) is 0 Å². The van der Waals surface area contributed by atoms with Gasteiger partial charge >= 0.3 is 0 Å². The highest BCUT2D eigenvalue weighted by Crippen LogP contribution is 2.26. The first-order valence-electron chi connectivity index (χ1n) is 9.92. The highest BCUT2D eigenvalue weighted by atomic mass is 35.5. The number of nitrogens with zero attached hydrogens (tertiary/aromatic N) is 3. The third-order valence-corrected chi connectivity index (χ3v) is 5.67. The largest absolute Gasteiger partial charge is 0.373 e. The molecule has 1 aromatic heterocycles. The first kappa shape index (κ1) is 19.7. The molecule has 0 saturated carbocycles. The molecule has 0 aliphatic carbocycles. The van der Waals surface area contributed by atoms with Crippen LogP contribution < -0.4 is 5.32 Å². The number of carbonyl (C=O) groups excluding carboxylic acids is 1. The first-order chi connectivity index (χ1) is 14.1. The number of amides is 1. The summed E-state index contributed by atoms with van der Waals surface area (Å²) < 4.78 is 0. The number of fused-ring (bicyclic) bond motifs is 1. The van der Waals surface area contributed by atoms with E-state index in [1.54, 1.807) is 6.20 Å². The molecule has 150 valence electrons. The number of benzene rings is 2. The van der Waals surface area contributed by atoms with Crippen molar-refractivity contribution < 1.29 is 4.79 Å². The summed E-state index contributed by atoms with van der Waals surface area (Å²) in [6.07, 6.45) is 2.38. The highest BCUT2D eigenvalue weighted by Gasteiger charge is 2.27. The minimum absolute atomic E-state index is 0.140. The van der Waals surface area contributed by atoms with E-state index >= 15 is 0 Å². The molecule has 29 heavy (non-hydrogen) atoms. The fourth-order valence-electron chi connectivity index (χ4n) is 3.73. The molecule has 2 heterocycles. The molecule has 1 fully saturated rings. The van der Waals surface area contributed by atoms with Crippen LogP contribution in [0.4, 0.5) is 5.69 Å². The van der Waals surface area contributed by atoms with Gasteiger partial charge in [0.15, 0.2) is 0 Å². The van der Waals surface area contributed by atoms with Gasteiger partial charge in [-0.1, -0.05) is 41.9 Å². The number of anilines is 1. The molecule has 3 aromatic rings. The molecule has 1 atom stereocenters. The SMILES string of the molecule is CN1CCN(C(=O)[C@H](Cc2ccccc2)Nc2ccnc3cc(Cl)ccc23)CC1. The van der Waals surface area contributed by atoms with Crippen molar-refractivity contribution in [3.05, 3.63) is 71.4 Å². The predicted octanol–water partition coefficient (Wildman–Crippen LogP) is 3.69. The molecule has 1 saturated heterocycles. The topological polar surface area (TPSA) is 48.5 Å². The van der Waals surface area contributed by atoms with Gasteiger partial charge in [0.2, 0.25) is 5.91 Å². The van der Waals surface area contributed by atoms with Crippen molar-refractivity contribution in [2.75, 3.05) is 38.5 Å². The third-order valence-electron chi connectivity index (χ3n) is 5.43. The number of halogens is 1. The molecule has 6 heteroatoms. The molecule has 0 bridgehead atoms. The van der Waals surface area contributed by atoms with Crippen molar-refractivity contribution in [1.82, 2.24) is 14.8 Å². The van der Waals surface area contributed by atoms with E-state index in [2.05, 4.69) is 34.4 Å². The Balaban J connectivity index is 1.62. The average molecular weight is 409 g/mol. The summed E-state index contributed by atoms with van der Waals surface area (Å²) in [5.74, 6) is 0.140. The van der Waals surface area contributed by atoms with Crippen molar-refractivity contribution in [3.63, 3.8) is 0 Å².